The van der Waals surface area contributed by atoms with Crippen molar-refractivity contribution < 1.29 is 28.5 Å². The fourth-order valence-corrected chi connectivity index (χ4v) is 20.4. The highest BCUT2D eigenvalue weighted by atomic mass is 16.5. The number of carbonyl (C=O) groups excluding carboxylic acids is 2. The molecule has 1 aliphatic rings. The number of amides is 2. The number of benzene rings is 14. The molecule has 0 aliphatic carbocycles. The fraction of sp³-hybridized carbons (Fsp3) is 0.355. The third-order valence-corrected chi connectivity index (χ3v) is 23.9. The van der Waals surface area contributed by atoms with Crippen molar-refractivity contribution in [3.63, 3.8) is 0 Å². The summed E-state index contributed by atoms with van der Waals surface area (Å²) < 4.78 is 30.2. The molecular weight excluding hydrogens is 1420 g/mol. The summed E-state index contributed by atoms with van der Waals surface area (Å²) in [7, 11) is 0. The van der Waals surface area contributed by atoms with E-state index in [1.807, 2.05) is 42.5 Å². The highest BCUT2D eigenvalue weighted by Gasteiger charge is 2.42. The number of nitrogens with zero attached hydrogens (tertiary/aromatic N) is 2. The van der Waals surface area contributed by atoms with Gasteiger partial charge < -0.3 is 24.3 Å². The Balaban J connectivity index is 1.08. The van der Waals surface area contributed by atoms with E-state index in [0.717, 1.165) is 113 Å². The fourth-order valence-electron chi connectivity index (χ4n) is 20.4. The number of carbonyl (C=O) groups is 2. The quantitative estimate of drug-likeness (QED) is 0.0430. The molecule has 1 N–H and O–H groups in total. The molecule has 0 saturated heterocycles. The highest BCUT2D eigenvalue weighted by molar-refractivity contribution is 6.48. The second-order valence-corrected chi connectivity index (χ2v) is 41.4. The van der Waals surface area contributed by atoms with Crippen molar-refractivity contribution in [1.29, 1.82) is 5.26 Å². The van der Waals surface area contributed by atoms with Gasteiger partial charge in [0.2, 0.25) is 0 Å². The van der Waals surface area contributed by atoms with Crippen molar-refractivity contribution in [3.8, 4) is 52.1 Å². The number of anilines is 3. The van der Waals surface area contributed by atoms with E-state index in [0.29, 0.717) is 79.1 Å². The summed E-state index contributed by atoms with van der Waals surface area (Å²) >= 11 is 0. The number of hydrogen-bond donors (Lipinski definition) is 1. The first-order valence-electron chi connectivity index (χ1n) is 41.7. The van der Waals surface area contributed by atoms with Crippen molar-refractivity contribution in [3.05, 3.63) is 244 Å². The molecular formula is C107H115N3O6. The van der Waals surface area contributed by atoms with Crippen molar-refractivity contribution in [2.24, 2.45) is 21.7 Å². The molecule has 0 unspecified atom stereocenters. The van der Waals surface area contributed by atoms with Crippen LogP contribution < -0.4 is 29.2 Å². The standard InChI is InChI=1S/C107H115N3O6/c1-62(2)74-26-25-27-75(63(3)4)97(74)110-98(111)81-54-85(114-71-42-32-66(33-43-71)105(19,20)59-101(8,9)10)93-79-50-48-77-88-78(49-51-80(89(79)88)94-86(55-82(99(110)112)90(81)96(93)94)115-72-44-34-67(35-45-72)106(21,22)60-102(11,12)13)92-87(116-73-46-36-68(37-47-73)107(23,24)61-103(14,15)16)56-83(109-69-38-28-64(57-108)29-39-69)76-52-53-84(91(77)95(76)92)113-70-40-30-65(31-41-70)104(17,18)58-100(5,6)7/h25-56,62-63,109H,58-61H2,1-24H3. The Morgan fingerprint density at radius 2 is 0.647 bits per heavy atom. The Labute approximate surface area is 687 Å². The summed E-state index contributed by atoms with van der Waals surface area (Å²) in [6.07, 6.45) is 3.89. The van der Waals surface area contributed by atoms with E-state index in [4.69, 9.17) is 18.9 Å². The number of imide groups is 1. The van der Waals surface area contributed by atoms with Crippen molar-refractivity contribution in [2.75, 3.05) is 10.2 Å². The molecule has 0 spiro atoms. The van der Waals surface area contributed by atoms with Crippen LogP contribution in [0.15, 0.2) is 194 Å². The van der Waals surface area contributed by atoms with E-state index < -0.39 is 11.8 Å². The second kappa shape index (κ2) is 28.7. The predicted octanol–water partition coefficient (Wildman–Crippen LogP) is 31.3. The third kappa shape index (κ3) is 15.2. The van der Waals surface area contributed by atoms with Crippen LogP contribution in [0.2, 0.25) is 0 Å². The van der Waals surface area contributed by atoms with Gasteiger partial charge in [-0.2, -0.15) is 5.26 Å². The maximum atomic E-state index is 16.6. The summed E-state index contributed by atoms with van der Waals surface area (Å²) in [4.78, 5) is 34.6. The normalized spacial score (nSPS) is 13.6. The van der Waals surface area contributed by atoms with E-state index >= 15 is 9.59 Å². The molecule has 1 aliphatic heterocycles. The Morgan fingerprint density at radius 1 is 0.336 bits per heavy atom. The molecule has 14 aromatic carbocycles. The predicted molar refractivity (Wildman–Crippen MR) is 486 cm³/mol. The molecule has 1 heterocycles. The molecule has 15 rings (SSSR count). The van der Waals surface area contributed by atoms with Gasteiger partial charge in [0.25, 0.3) is 11.8 Å². The average Bonchev–Trinajstić information content (AvgIpc) is 0.672. The van der Waals surface area contributed by atoms with Gasteiger partial charge in [-0.1, -0.05) is 257 Å². The minimum Gasteiger partial charge on any atom is -0.457 e. The summed E-state index contributed by atoms with van der Waals surface area (Å²) in [6, 6.07) is 69.3. The monoisotopic (exact) mass is 1540 g/mol. The first kappa shape index (κ1) is 80.2. The highest BCUT2D eigenvalue weighted by Crippen LogP contribution is 2.59. The molecule has 0 fully saturated rings. The van der Waals surface area contributed by atoms with Gasteiger partial charge in [-0.3, -0.25) is 9.59 Å². The second-order valence-electron chi connectivity index (χ2n) is 41.4. The van der Waals surface area contributed by atoms with Crippen LogP contribution in [0, 0.1) is 33.0 Å². The molecule has 0 radical (unpaired) electrons. The van der Waals surface area contributed by atoms with E-state index in [1.54, 1.807) is 0 Å². The van der Waals surface area contributed by atoms with Crippen LogP contribution in [0.5, 0.6) is 46.0 Å². The van der Waals surface area contributed by atoms with Crippen molar-refractivity contribution in [2.45, 2.75) is 225 Å². The van der Waals surface area contributed by atoms with Gasteiger partial charge in [0, 0.05) is 54.8 Å². The van der Waals surface area contributed by atoms with Crippen LogP contribution in [0.1, 0.15) is 263 Å². The molecule has 0 bridgehead atoms. The van der Waals surface area contributed by atoms with E-state index in [2.05, 4.69) is 329 Å². The molecule has 116 heavy (non-hydrogen) atoms. The smallest absolute Gasteiger partial charge is 0.266 e. The molecule has 594 valence electrons. The summed E-state index contributed by atoms with van der Waals surface area (Å²) in [5.41, 5.74) is 9.86. The minimum atomic E-state index is -0.429. The lowest BCUT2D eigenvalue weighted by atomic mass is 9.72. The van der Waals surface area contributed by atoms with Crippen LogP contribution in [-0.4, -0.2) is 11.8 Å². The molecule has 9 heteroatoms. The van der Waals surface area contributed by atoms with Gasteiger partial charge in [0.15, 0.2) is 0 Å². The van der Waals surface area contributed by atoms with Crippen LogP contribution in [-0.2, 0) is 21.7 Å². The SMILES string of the molecule is CC(C)c1cccc(C(C)C)c1N1C(=O)c2cc(Oc3ccc(C(C)(C)CC(C)(C)C)cc3)c3c4ccc5c6c(Oc7ccc(C(C)(C)CC(C)(C)C)cc7)ccc7c(Nc8ccc(C#N)cc8)cc(Oc8ccc(C(C)(C)CC(C)(C)C)cc8)c(c8ccc(c9c(Oc%10ccc(C(C)(C)CC(C)(C)C)cc%10)cc(c2c39)C1=O)c4c58)c76. The maximum Gasteiger partial charge on any atom is 0.266 e. The van der Waals surface area contributed by atoms with Crippen LogP contribution in [0.4, 0.5) is 17.1 Å². The van der Waals surface area contributed by atoms with Crippen LogP contribution >= 0.6 is 0 Å². The lowest BCUT2D eigenvalue weighted by Gasteiger charge is -2.34. The van der Waals surface area contributed by atoms with Gasteiger partial charge in [0.1, 0.15) is 46.0 Å². The van der Waals surface area contributed by atoms with Crippen LogP contribution in [0.25, 0.3) is 75.4 Å². The third-order valence-electron chi connectivity index (χ3n) is 23.9. The Kier molecular flexibility index (Phi) is 19.9. The van der Waals surface area contributed by atoms with Crippen molar-refractivity contribution in [1.82, 2.24) is 0 Å². The van der Waals surface area contributed by atoms with Crippen molar-refractivity contribution >= 4 is 104 Å². The Hall–Kier alpha value is -11.0. The van der Waals surface area contributed by atoms with E-state index in [-0.39, 0.29) is 55.2 Å². The molecule has 0 aromatic heterocycles. The van der Waals surface area contributed by atoms with Crippen LogP contribution in [0.3, 0.4) is 0 Å². The lowest BCUT2D eigenvalue weighted by Crippen LogP contribution is -2.42. The number of nitriles is 1. The number of rotatable bonds is 21. The number of fused-ring (bicyclic) bond motifs is 4. The first-order valence-corrected chi connectivity index (χ1v) is 41.7. The number of nitrogens with one attached hydrogen (secondary N) is 1. The summed E-state index contributed by atoms with van der Waals surface area (Å²) in [6.45, 7) is 54.5. The summed E-state index contributed by atoms with van der Waals surface area (Å²) in [5.74, 6) is 3.77. The van der Waals surface area contributed by atoms with Gasteiger partial charge in [0.05, 0.1) is 34.1 Å². The summed E-state index contributed by atoms with van der Waals surface area (Å²) in [5, 5.41) is 25.5. The Bertz CT molecular complexity index is 6000. The van der Waals surface area contributed by atoms with Gasteiger partial charge >= 0.3 is 0 Å². The van der Waals surface area contributed by atoms with Gasteiger partial charge in [-0.05, 0) is 244 Å². The molecule has 0 saturated carbocycles. The molecule has 14 aromatic rings. The van der Waals surface area contributed by atoms with E-state index in [9.17, 15) is 5.26 Å². The maximum absolute atomic E-state index is 16.6. The molecule has 2 amide bonds. The average molecular weight is 1540 g/mol. The minimum absolute atomic E-state index is 0.0351. The number of para-hydroxylation sites is 1. The van der Waals surface area contributed by atoms with Gasteiger partial charge in [-0.25, -0.2) is 4.90 Å². The Morgan fingerprint density at radius 3 is 0.974 bits per heavy atom. The zero-order valence-electron chi connectivity index (χ0n) is 72.8. The first-order chi connectivity index (χ1) is 54.4. The topological polar surface area (TPSA) is 110 Å². The zero-order valence-corrected chi connectivity index (χ0v) is 72.8. The zero-order chi connectivity index (χ0) is 83.2. The largest absolute Gasteiger partial charge is 0.457 e. The van der Waals surface area contributed by atoms with Gasteiger partial charge in [-0.15, -0.1) is 0 Å². The number of ether oxygens (including phenoxy) is 4. The van der Waals surface area contributed by atoms with E-state index in [1.165, 1.54) is 27.2 Å². The number of hydrogen-bond acceptors (Lipinski definition) is 8. The molecule has 9 nitrogen and oxygen atoms in total. The lowest BCUT2D eigenvalue weighted by molar-refractivity contribution is 0.0892. The molecule has 0 atom stereocenters.